The molecular weight excluding hydrogens is 533 g/mol. The van der Waals surface area contributed by atoms with E-state index in [4.69, 9.17) is 4.52 Å². The number of aromatic carboxylic acids is 1. The first-order valence-electron chi connectivity index (χ1n) is 13.9. The average Bonchev–Trinajstić information content (AvgIpc) is 3.61. The van der Waals surface area contributed by atoms with Crippen molar-refractivity contribution in [2.24, 2.45) is 5.41 Å². The SMILES string of the molecule is Cc1nc(C(=O)O)c2ccc(N3CCC4(CC3)CC(=Cc3c(-c5ccccc5C(F)(F)F)noc3C3CC3)C4)cn12. The lowest BCUT2D eigenvalue weighted by atomic mass is 9.60. The number of alkyl halides is 3. The number of rotatable bonds is 5. The van der Waals surface area contributed by atoms with E-state index in [0.717, 1.165) is 63.4 Å². The van der Waals surface area contributed by atoms with Gasteiger partial charge in [0.1, 0.15) is 17.3 Å². The van der Waals surface area contributed by atoms with E-state index in [9.17, 15) is 23.1 Å². The molecule has 41 heavy (non-hydrogen) atoms. The molecule has 10 heteroatoms. The number of allylic oxidation sites excluding steroid dienone is 1. The minimum atomic E-state index is -4.48. The maximum Gasteiger partial charge on any atom is 0.417 e. The van der Waals surface area contributed by atoms with Crippen molar-refractivity contribution >= 4 is 23.2 Å². The average molecular weight is 563 g/mol. The Bertz CT molecular complexity index is 1700. The van der Waals surface area contributed by atoms with Crippen LogP contribution in [0, 0.1) is 12.3 Å². The number of hydrogen-bond donors (Lipinski definition) is 1. The Hall–Kier alpha value is -4.08. The number of anilines is 1. The van der Waals surface area contributed by atoms with Crippen LogP contribution in [0.25, 0.3) is 22.9 Å². The molecule has 3 fully saturated rings. The first-order valence-corrected chi connectivity index (χ1v) is 13.9. The number of carbonyl (C=O) groups is 1. The number of pyridine rings is 1. The molecule has 1 spiro atoms. The van der Waals surface area contributed by atoms with Crippen LogP contribution < -0.4 is 4.90 Å². The van der Waals surface area contributed by atoms with Gasteiger partial charge in [-0.15, -0.1) is 0 Å². The predicted octanol–water partition coefficient (Wildman–Crippen LogP) is 7.36. The van der Waals surface area contributed by atoms with E-state index >= 15 is 0 Å². The number of aryl methyl sites for hydroxylation is 1. The van der Waals surface area contributed by atoms with Crippen LogP contribution in [-0.4, -0.2) is 38.7 Å². The molecule has 2 aliphatic carbocycles. The summed E-state index contributed by atoms with van der Waals surface area (Å²) in [6.45, 7) is 3.56. The number of imidazole rings is 1. The minimum absolute atomic E-state index is 0.0585. The lowest BCUT2D eigenvalue weighted by Gasteiger charge is -2.50. The number of fused-ring (bicyclic) bond motifs is 1. The number of piperidine rings is 1. The smallest absolute Gasteiger partial charge is 0.417 e. The molecule has 1 aliphatic heterocycles. The molecule has 7 nitrogen and oxygen atoms in total. The van der Waals surface area contributed by atoms with Crippen molar-refractivity contribution in [2.75, 3.05) is 18.0 Å². The summed E-state index contributed by atoms with van der Waals surface area (Å²) in [7, 11) is 0. The van der Waals surface area contributed by atoms with Crippen LogP contribution in [0.15, 0.2) is 52.7 Å². The molecule has 1 N–H and O–H groups in total. The van der Waals surface area contributed by atoms with Crippen molar-refractivity contribution in [1.29, 1.82) is 0 Å². The fraction of sp³-hybridized carbons (Fsp3) is 0.387. The van der Waals surface area contributed by atoms with Crippen molar-refractivity contribution in [3.63, 3.8) is 0 Å². The van der Waals surface area contributed by atoms with Crippen LogP contribution in [-0.2, 0) is 6.18 Å². The van der Waals surface area contributed by atoms with Crippen LogP contribution in [0.1, 0.15) is 77.6 Å². The lowest BCUT2D eigenvalue weighted by Crippen LogP contribution is -2.44. The topological polar surface area (TPSA) is 83.9 Å². The summed E-state index contributed by atoms with van der Waals surface area (Å²) in [6.07, 6.45) is 5.30. The predicted molar refractivity (Wildman–Crippen MR) is 147 cm³/mol. The summed E-state index contributed by atoms with van der Waals surface area (Å²) in [4.78, 5) is 18.0. The monoisotopic (exact) mass is 562 g/mol. The Morgan fingerprint density at radius 1 is 1.12 bits per heavy atom. The fourth-order valence-electron chi connectivity index (χ4n) is 6.60. The summed E-state index contributed by atoms with van der Waals surface area (Å²) in [5.41, 5.74) is 3.43. The van der Waals surface area contributed by atoms with Crippen molar-refractivity contribution < 1.29 is 27.6 Å². The number of carboxylic acid groups (broad SMARTS) is 1. The molecule has 212 valence electrons. The summed E-state index contributed by atoms with van der Waals surface area (Å²) >= 11 is 0. The zero-order valence-corrected chi connectivity index (χ0v) is 22.5. The molecule has 0 unspecified atom stereocenters. The van der Waals surface area contributed by atoms with Gasteiger partial charge in [0, 0.05) is 36.3 Å². The van der Waals surface area contributed by atoms with Gasteiger partial charge in [-0.2, -0.15) is 13.2 Å². The van der Waals surface area contributed by atoms with E-state index in [-0.39, 0.29) is 28.3 Å². The summed E-state index contributed by atoms with van der Waals surface area (Å²) < 4.78 is 48.9. The maximum atomic E-state index is 13.8. The Morgan fingerprint density at radius 3 is 2.54 bits per heavy atom. The van der Waals surface area contributed by atoms with Gasteiger partial charge in [-0.05, 0) is 75.1 Å². The van der Waals surface area contributed by atoms with Crippen LogP contribution >= 0.6 is 0 Å². The third-order valence-electron chi connectivity index (χ3n) is 8.93. The van der Waals surface area contributed by atoms with Crippen molar-refractivity contribution in [1.82, 2.24) is 14.5 Å². The number of benzene rings is 1. The zero-order valence-electron chi connectivity index (χ0n) is 22.5. The van der Waals surface area contributed by atoms with Crippen molar-refractivity contribution in [3.8, 4) is 11.3 Å². The molecule has 4 heterocycles. The van der Waals surface area contributed by atoms with Gasteiger partial charge in [-0.3, -0.25) is 0 Å². The number of halogens is 3. The van der Waals surface area contributed by atoms with Crippen LogP contribution in [0.2, 0.25) is 0 Å². The molecule has 0 atom stereocenters. The lowest BCUT2D eigenvalue weighted by molar-refractivity contribution is -0.137. The summed E-state index contributed by atoms with van der Waals surface area (Å²) in [5, 5.41) is 13.6. The molecule has 4 aromatic rings. The van der Waals surface area contributed by atoms with Gasteiger partial charge >= 0.3 is 12.1 Å². The van der Waals surface area contributed by atoms with E-state index in [2.05, 4.69) is 15.0 Å². The van der Waals surface area contributed by atoms with E-state index in [0.29, 0.717) is 22.7 Å². The highest BCUT2D eigenvalue weighted by atomic mass is 19.4. The highest BCUT2D eigenvalue weighted by Crippen LogP contribution is 2.54. The molecule has 1 aromatic carbocycles. The van der Waals surface area contributed by atoms with Crippen LogP contribution in [0.3, 0.4) is 0 Å². The molecule has 0 bridgehead atoms. The zero-order chi connectivity index (χ0) is 28.5. The van der Waals surface area contributed by atoms with E-state index < -0.39 is 17.7 Å². The Labute approximate surface area is 234 Å². The summed E-state index contributed by atoms with van der Waals surface area (Å²) in [5.74, 6) is 0.528. The second-order valence-electron chi connectivity index (χ2n) is 11.7. The molecule has 3 aliphatic rings. The highest BCUT2D eigenvalue weighted by molar-refractivity contribution is 5.94. The second kappa shape index (κ2) is 9.22. The molecule has 2 saturated carbocycles. The van der Waals surface area contributed by atoms with Gasteiger partial charge in [0.05, 0.1) is 16.8 Å². The maximum absolute atomic E-state index is 13.8. The van der Waals surface area contributed by atoms with Gasteiger partial charge in [-0.25, -0.2) is 9.78 Å². The molecule has 0 amide bonds. The van der Waals surface area contributed by atoms with Gasteiger partial charge in [-0.1, -0.05) is 28.9 Å². The Morgan fingerprint density at radius 2 is 1.85 bits per heavy atom. The van der Waals surface area contributed by atoms with Crippen LogP contribution in [0.4, 0.5) is 18.9 Å². The molecule has 3 aromatic heterocycles. The van der Waals surface area contributed by atoms with Gasteiger partial charge in [0.15, 0.2) is 5.69 Å². The van der Waals surface area contributed by atoms with Crippen molar-refractivity contribution in [2.45, 2.75) is 57.5 Å². The Balaban J connectivity index is 1.09. The highest BCUT2D eigenvalue weighted by Gasteiger charge is 2.44. The van der Waals surface area contributed by atoms with E-state index in [1.165, 1.54) is 17.7 Å². The van der Waals surface area contributed by atoms with E-state index in [1.807, 2.05) is 28.8 Å². The largest absolute Gasteiger partial charge is 0.476 e. The Kier molecular flexibility index (Phi) is 5.82. The number of hydrogen-bond acceptors (Lipinski definition) is 5. The standard InChI is InChI=1S/C31H29F3N4O3/c1-18-35-27(29(39)40)25-9-8-21(17-38(18)25)37-12-10-30(11-13-37)15-19(16-30)14-23-26(36-41-28(23)20-6-7-20)22-4-2-3-5-24(22)31(32,33)34/h2-5,8-9,14,17,20H,6-7,10-13,15-16H2,1H3,(H,39,40). The molecular formula is C31H29F3N4O3. The summed E-state index contributed by atoms with van der Waals surface area (Å²) in [6, 6.07) is 9.35. The normalized spacial score (nSPS) is 18.6. The number of aromatic nitrogens is 3. The van der Waals surface area contributed by atoms with E-state index in [1.54, 1.807) is 13.0 Å². The number of nitrogens with zero attached hydrogens (tertiary/aromatic N) is 4. The fourth-order valence-corrected chi connectivity index (χ4v) is 6.60. The van der Waals surface area contributed by atoms with Gasteiger partial charge in [0.2, 0.25) is 0 Å². The quantitative estimate of drug-likeness (QED) is 0.274. The first-order chi connectivity index (χ1) is 19.6. The third kappa shape index (κ3) is 4.49. The van der Waals surface area contributed by atoms with Gasteiger partial charge in [0.25, 0.3) is 0 Å². The third-order valence-corrected chi connectivity index (χ3v) is 8.93. The second-order valence-corrected chi connectivity index (χ2v) is 11.7. The molecule has 1 saturated heterocycles. The minimum Gasteiger partial charge on any atom is -0.476 e. The van der Waals surface area contributed by atoms with Crippen LogP contribution in [0.5, 0.6) is 0 Å². The molecule has 7 rings (SSSR count). The number of carboxylic acids is 1. The first kappa shape index (κ1) is 25.9. The van der Waals surface area contributed by atoms with Crippen molar-refractivity contribution in [3.05, 3.63) is 76.6 Å². The van der Waals surface area contributed by atoms with Gasteiger partial charge < -0.3 is 18.9 Å². The molecule has 0 radical (unpaired) electrons.